The minimum atomic E-state index is 0.718. The molecule has 0 aliphatic carbocycles. The van der Waals surface area contributed by atoms with Crippen LogP contribution in [0.1, 0.15) is 10.4 Å². The molecule has 0 saturated heterocycles. The first-order valence-electron chi connectivity index (χ1n) is 12.1. The summed E-state index contributed by atoms with van der Waals surface area (Å²) in [5.41, 5.74) is 5.07. The fourth-order valence-electron chi connectivity index (χ4n) is 5.10. The van der Waals surface area contributed by atoms with Gasteiger partial charge in [-0.1, -0.05) is 140 Å². The van der Waals surface area contributed by atoms with Crippen LogP contribution in [0.2, 0.25) is 0 Å². The summed E-state index contributed by atoms with van der Waals surface area (Å²) in [6.07, 6.45) is 0.914. The van der Waals surface area contributed by atoms with Gasteiger partial charge >= 0.3 is 0 Å². The Morgan fingerprint density at radius 2 is 0.806 bits per heavy atom. The molecule has 0 spiro atoms. The maximum atomic E-state index is 11.2. The number of rotatable bonds is 3. The van der Waals surface area contributed by atoms with Gasteiger partial charge in [0.2, 0.25) is 0 Å². The number of hydrogen-bond donors (Lipinski definition) is 0. The summed E-state index contributed by atoms with van der Waals surface area (Å²) in [6.45, 7) is 0. The largest absolute Gasteiger partial charge is 0.298 e. The molecule has 0 N–H and O–H groups in total. The van der Waals surface area contributed by atoms with Crippen LogP contribution in [-0.2, 0) is 0 Å². The van der Waals surface area contributed by atoms with Gasteiger partial charge in [0.25, 0.3) is 0 Å². The quantitative estimate of drug-likeness (QED) is 0.190. The Morgan fingerprint density at radius 3 is 1.33 bits per heavy atom. The fourth-order valence-corrected chi connectivity index (χ4v) is 5.10. The van der Waals surface area contributed by atoms with E-state index in [4.69, 9.17) is 0 Å². The summed E-state index contributed by atoms with van der Waals surface area (Å²) >= 11 is 0. The molecule has 0 saturated carbocycles. The molecular weight excluding hydrogens is 436 g/mol. The first-order valence-corrected chi connectivity index (χ1v) is 12.1. The minimum absolute atomic E-state index is 0.718. The van der Waals surface area contributed by atoms with Gasteiger partial charge in [-0.25, -0.2) is 0 Å². The lowest BCUT2D eigenvalue weighted by Gasteiger charge is -2.11. The van der Waals surface area contributed by atoms with Crippen LogP contribution in [0, 0.1) is 0 Å². The van der Waals surface area contributed by atoms with Crippen LogP contribution >= 0.6 is 0 Å². The summed E-state index contributed by atoms with van der Waals surface area (Å²) in [6, 6.07) is 48.0. The van der Waals surface area contributed by atoms with Crippen molar-refractivity contribution in [3.63, 3.8) is 0 Å². The number of carbonyl (C=O) groups is 1. The van der Waals surface area contributed by atoms with Gasteiger partial charge in [0.15, 0.2) is 6.29 Å². The molecule has 0 fully saturated rings. The predicted molar refractivity (Wildman–Crippen MR) is 153 cm³/mol. The minimum Gasteiger partial charge on any atom is -0.298 e. The molecule has 7 aromatic carbocycles. The second-order valence-corrected chi connectivity index (χ2v) is 8.91. The van der Waals surface area contributed by atoms with Crippen molar-refractivity contribution in [2.24, 2.45) is 0 Å². The van der Waals surface area contributed by atoms with Gasteiger partial charge in [-0.05, 0) is 54.6 Å². The second kappa shape index (κ2) is 9.48. The lowest BCUT2D eigenvalue weighted by Crippen LogP contribution is -1.90. The normalized spacial score (nSPS) is 10.9. The number of aldehydes is 1. The van der Waals surface area contributed by atoms with Gasteiger partial charge in [-0.15, -0.1) is 0 Å². The maximum Gasteiger partial charge on any atom is 0.150 e. The Bertz CT molecular complexity index is 1670. The highest BCUT2D eigenvalue weighted by molar-refractivity contribution is 6.22. The summed E-state index contributed by atoms with van der Waals surface area (Å²) in [7, 11) is 0. The smallest absolute Gasteiger partial charge is 0.150 e. The van der Waals surface area contributed by atoms with Gasteiger partial charge in [0.1, 0.15) is 0 Å². The van der Waals surface area contributed by atoms with Crippen LogP contribution in [0.15, 0.2) is 140 Å². The van der Waals surface area contributed by atoms with E-state index in [1.54, 1.807) is 0 Å². The van der Waals surface area contributed by atoms with Crippen molar-refractivity contribution in [3.8, 4) is 22.3 Å². The fraction of sp³-hybridized carbons (Fsp3) is 0. The summed E-state index contributed by atoms with van der Waals surface area (Å²) in [5, 5.41) is 8.14. The lowest BCUT2D eigenvalue weighted by atomic mass is 9.92. The Labute approximate surface area is 210 Å². The molecule has 7 rings (SSSR count). The van der Waals surface area contributed by atoms with Crippen molar-refractivity contribution in [1.82, 2.24) is 0 Å². The van der Waals surface area contributed by atoms with E-state index in [1.165, 1.54) is 32.3 Å². The van der Waals surface area contributed by atoms with Crippen LogP contribution in [0.5, 0.6) is 0 Å². The molecule has 0 aliphatic heterocycles. The Morgan fingerprint density at radius 1 is 0.361 bits per heavy atom. The third kappa shape index (κ3) is 3.91. The molecule has 1 heteroatoms. The summed E-state index contributed by atoms with van der Waals surface area (Å²) < 4.78 is 0. The van der Waals surface area contributed by atoms with E-state index in [9.17, 15) is 4.79 Å². The molecule has 0 amide bonds. The highest BCUT2D eigenvalue weighted by Gasteiger charge is 2.10. The van der Waals surface area contributed by atoms with Crippen molar-refractivity contribution in [2.75, 3.05) is 0 Å². The molecular formula is C35H24O. The van der Waals surface area contributed by atoms with E-state index in [-0.39, 0.29) is 0 Å². The molecule has 0 aliphatic rings. The number of carbonyl (C=O) groups excluding carboxylic acids is 1. The van der Waals surface area contributed by atoms with E-state index in [1.807, 2.05) is 54.6 Å². The molecule has 0 unspecified atom stereocenters. The SMILES string of the molecule is O=Cc1ccccc1-c1ccccc1-c1ccccc1.c1cc2ccc3cccc4ccc(c1)c2c34. The zero-order chi connectivity index (χ0) is 24.3. The molecule has 0 atom stereocenters. The third-order valence-electron chi connectivity index (χ3n) is 6.78. The van der Waals surface area contributed by atoms with Gasteiger partial charge in [-0.3, -0.25) is 4.79 Å². The standard InChI is InChI=1S/C19H14O.C16H10/c20-14-16-10-4-5-12-18(16)19-13-7-6-11-17(19)15-8-2-1-3-9-15;1-3-11-7-9-13-5-2-6-14-10-8-12(4-1)15(11)16(13)14/h1-14H;1-10H. The van der Waals surface area contributed by atoms with Crippen LogP contribution in [0.25, 0.3) is 54.6 Å². The molecule has 7 aromatic rings. The Balaban J connectivity index is 0.000000136. The second-order valence-electron chi connectivity index (χ2n) is 8.91. The number of benzene rings is 7. The first kappa shape index (κ1) is 21.8. The average molecular weight is 461 g/mol. The van der Waals surface area contributed by atoms with Crippen molar-refractivity contribution >= 4 is 38.6 Å². The molecule has 1 nitrogen and oxygen atoms in total. The van der Waals surface area contributed by atoms with Crippen molar-refractivity contribution in [1.29, 1.82) is 0 Å². The van der Waals surface area contributed by atoms with Gasteiger partial charge < -0.3 is 0 Å². The van der Waals surface area contributed by atoms with Crippen LogP contribution in [0.4, 0.5) is 0 Å². The maximum absolute atomic E-state index is 11.2. The van der Waals surface area contributed by atoms with Crippen LogP contribution < -0.4 is 0 Å². The van der Waals surface area contributed by atoms with Crippen molar-refractivity contribution in [2.45, 2.75) is 0 Å². The van der Waals surface area contributed by atoms with Crippen molar-refractivity contribution < 1.29 is 4.79 Å². The molecule has 0 aromatic heterocycles. The molecule has 170 valence electrons. The van der Waals surface area contributed by atoms with E-state index in [0.29, 0.717) is 0 Å². The van der Waals surface area contributed by atoms with E-state index in [2.05, 4.69) is 84.9 Å². The highest BCUT2D eigenvalue weighted by Crippen LogP contribution is 2.34. The average Bonchev–Trinajstić information content (AvgIpc) is 2.97. The van der Waals surface area contributed by atoms with Crippen LogP contribution in [0.3, 0.4) is 0 Å². The zero-order valence-electron chi connectivity index (χ0n) is 19.8. The van der Waals surface area contributed by atoms with Crippen molar-refractivity contribution in [3.05, 3.63) is 145 Å². The van der Waals surface area contributed by atoms with E-state index in [0.717, 1.165) is 34.1 Å². The molecule has 0 heterocycles. The summed E-state index contributed by atoms with van der Waals surface area (Å²) in [5.74, 6) is 0. The molecule has 0 radical (unpaired) electrons. The van der Waals surface area contributed by atoms with Crippen LogP contribution in [-0.4, -0.2) is 6.29 Å². The lowest BCUT2D eigenvalue weighted by molar-refractivity contribution is 0.112. The number of hydrogen-bond acceptors (Lipinski definition) is 1. The molecule has 0 bridgehead atoms. The first-order chi connectivity index (χ1) is 17.8. The highest BCUT2D eigenvalue weighted by atomic mass is 16.1. The van der Waals surface area contributed by atoms with E-state index < -0.39 is 0 Å². The van der Waals surface area contributed by atoms with Gasteiger partial charge in [0, 0.05) is 5.56 Å². The Kier molecular flexibility index (Phi) is 5.73. The van der Waals surface area contributed by atoms with Gasteiger partial charge in [-0.2, -0.15) is 0 Å². The zero-order valence-corrected chi connectivity index (χ0v) is 19.8. The van der Waals surface area contributed by atoms with Gasteiger partial charge in [0.05, 0.1) is 0 Å². The monoisotopic (exact) mass is 460 g/mol. The van der Waals surface area contributed by atoms with E-state index >= 15 is 0 Å². The summed E-state index contributed by atoms with van der Waals surface area (Å²) in [4.78, 5) is 11.2. The molecule has 36 heavy (non-hydrogen) atoms. The third-order valence-corrected chi connectivity index (χ3v) is 6.78. The Hall–Kier alpha value is -4.75. The predicted octanol–water partition coefficient (Wildman–Crippen LogP) is 9.42. The topological polar surface area (TPSA) is 17.1 Å².